The molecule has 0 nitrogen and oxygen atoms in total. The van der Waals surface area contributed by atoms with Crippen molar-refractivity contribution in [1.82, 2.24) is 0 Å². The molecular formula is C48H40Se. The van der Waals surface area contributed by atoms with E-state index in [1.807, 2.05) is 0 Å². The molecule has 0 fully saturated rings. The van der Waals surface area contributed by atoms with Crippen molar-refractivity contribution >= 4 is 76.9 Å². The Balaban J connectivity index is 1.35. The van der Waals surface area contributed by atoms with E-state index in [0.29, 0.717) is 0 Å². The molecule has 1 heterocycles. The van der Waals surface area contributed by atoms with E-state index in [-0.39, 0.29) is 25.3 Å². The van der Waals surface area contributed by atoms with Crippen molar-refractivity contribution < 1.29 is 0 Å². The van der Waals surface area contributed by atoms with Crippen LogP contribution in [0, 0.1) is 0 Å². The van der Waals surface area contributed by atoms with Crippen LogP contribution < -0.4 is 0 Å². The minimum absolute atomic E-state index is 0.0202. The number of hydrogen-bond acceptors (Lipinski definition) is 0. The molecule has 0 unspecified atom stereocenters. The fourth-order valence-electron chi connectivity index (χ4n) is 8.62. The SMILES string of the molecule is CC(C)(C)c1c2ccccc2c(-c2ccc3[se]c4c(-c5c6ccccc6c(C(C)(C)C)c6ccccc56)cccc4c3c2)c2ccccc12. The van der Waals surface area contributed by atoms with Gasteiger partial charge in [-0.05, 0) is 0 Å². The van der Waals surface area contributed by atoms with Crippen LogP contribution in [0.25, 0.3) is 84.6 Å². The van der Waals surface area contributed by atoms with Crippen LogP contribution in [-0.4, -0.2) is 14.5 Å². The molecule has 49 heavy (non-hydrogen) atoms. The monoisotopic (exact) mass is 696 g/mol. The molecule has 9 aromatic rings. The molecule has 0 aliphatic carbocycles. The first-order valence-electron chi connectivity index (χ1n) is 17.4. The second kappa shape index (κ2) is 10.9. The summed E-state index contributed by atoms with van der Waals surface area (Å²) < 4.78 is 2.97. The molecule has 8 aromatic carbocycles. The van der Waals surface area contributed by atoms with Crippen LogP contribution >= 0.6 is 0 Å². The molecule has 0 amide bonds. The molecule has 1 heteroatoms. The van der Waals surface area contributed by atoms with Crippen molar-refractivity contribution in [3.05, 3.63) is 145 Å². The average molecular weight is 696 g/mol. The van der Waals surface area contributed by atoms with Crippen LogP contribution in [-0.2, 0) is 10.8 Å². The van der Waals surface area contributed by atoms with Gasteiger partial charge < -0.3 is 0 Å². The standard InChI is InChI=1S/C48H40Se/c1-47(2,3)44-34-20-11-7-16-30(34)42(31-17-8-12-21-35(31)44)29-26-27-41-40(28-29)38-24-15-25-39(46(38)49-41)43-32-18-9-13-22-36(32)45(48(4,5)6)37-23-14-10-19-33(37)43/h7-28H,1-6H3. The molecule has 0 N–H and O–H groups in total. The van der Waals surface area contributed by atoms with Crippen molar-refractivity contribution in [3.8, 4) is 22.3 Å². The Morgan fingerprint density at radius 1 is 0.367 bits per heavy atom. The number of fused-ring (bicyclic) bond motifs is 7. The second-order valence-electron chi connectivity index (χ2n) is 15.7. The summed E-state index contributed by atoms with van der Waals surface area (Å²) in [6, 6.07) is 50.6. The van der Waals surface area contributed by atoms with Crippen LogP contribution in [0.5, 0.6) is 0 Å². The van der Waals surface area contributed by atoms with Crippen LogP contribution in [0.15, 0.2) is 133 Å². The Morgan fingerprint density at radius 2 is 0.776 bits per heavy atom. The summed E-state index contributed by atoms with van der Waals surface area (Å²) >= 11 is 0.199. The van der Waals surface area contributed by atoms with Gasteiger partial charge in [-0.3, -0.25) is 0 Å². The molecule has 238 valence electrons. The third-order valence-corrected chi connectivity index (χ3v) is 13.0. The maximum absolute atomic E-state index is 2.50. The van der Waals surface area contributed by atoms with Crippen LogP contribution in [0.3, 0.4) is 0 Å². The molecule has 9 rings (SSSR count). The molecule has 0 saturated carbocycles. The van der Waals surface area contributed by atoms with Gasteiger partial charge in [-0.1, -0.05) is 0 Å². The number of benzene rings is 8. The molecule has 0 spiro atoms. The van der Waals surface area contributed by atoms with Crippen molar-refractivity contribution in [1.29, 1.82) is 0 Å². The molecule has 1 aromatic heterocycles. The third kappa shape index (κ3) is 4.64. The zero-order chi connectivity index (χ0) is 33.7. The van der Waals surface area contributed by atoms with Gasteiger partial charge in [0.1, 0.15) is 0 Å². The maximum atomic E-state index is 2.50. The van der Waals surface area contributed by atoms with Gasteiger partial charge in [0, 0.05) is 0 Å². The zero-order valence-corrected chi connectivity index (χ0v) is 30.8. The van der Waals surface area contributed by atoms with E-state index in [0.717, 1.165) is 0 Å². The quantitative estimate of drug-likeness (QED) is 0.125. The van der Waals surface area contributed by atoms with Crippen LogP contribution in [0.1, 0.15) is 52.7 Å². The van der Waals surface area contributed by atoms with Gasteiger partial charge >= 0.3 is 296 Å². The fourth-order valence-corrected chi connectivity index (χ4v) is 11.1. The van der Waals surface area contributed by atoms with Crippen molar-refractivity contribution in [2.75, 3.05) is 0 Å². The Kier molecular flexibility index (Phi) is 6.77. The Morgan fingerprint density at radius 3 is 1.22 bits per heavy atom. The van der Waals surface area contributed by atoms with Gasteiger partial charge in [-0.25, -0.2) is 0 Å². The fraction of sp³-hybridized carbons (Fsp3) is 0.167. The molecule has 0 radical (unpaired) electrons. The van der Waals surface area contributed by atoms with Crippen LogP contribution in [0.2, 0.25) is 0 Å². The topological polar surface area (TPSA) is 0 Å². The summed E-state index contributed by atoms with van der Waals surface area (Å²) in [5.74, 6) is 0. The Labute approximate surface area is 294 Å². The average Bonchev–Trinajstić information content (AvgIpc) is 3.46. The van der Waals surface area contributed by atoms with Crippen molar-refractivity contribution in [3.63, 3.8) is 0 Å². The first-order valence-corrected chi connectivity index (χ1v) is 19.2. The van der Waals surface area contributed by atoms with E-state index in [9.17, 15) is 0 Å². The van der Waals surface area contributed by atoms with Gasteiger partial charge in [0.15, 0.2) is 0 Å². The molecule has 0 bridgehead atoms. The van der Waals surface area contributed by atoms with Gasteiger partial charge in [-0.2, -0.15) is 0 Å². The number of hydrogen-bond donors (Lipinski definition) is 0. The summed E-state index contributed by atoms with van der Waals surface area (Å²) in [5, 5.41) is 13.6. The van der Waals surface area contributed by atoms with E-state index in [1.165, 1.54) is 95.8 Å². The molecule has 0 saturated heterocycles. The van der Waals surface area contributed by atoms with E-state index < -0.39 is 0 Å². The van der Waals surface area contributed by atoms with E-state index in [4.69, 9.17) is 0 Å². The number of rotatable bonds is 2. The summed E-state index contributed by atoms with van der Waals surface area (Å²) in [6.07, 6.45) is 0. The van der Waals surface area contributed by atoms with Crippen molar-refractivity contribution in [2.24, 2.45) is 0 Å². The van der Waals surface area contributed by atoms with Gasteiger partial charge in [0.05, 0.1) is 0 Å². The third-order valence-electron chi connectivity index (χ3n) is 10.4. The normalized spacial score (nSPS) is 12.7. The summed E-state index contributed by atoms with van der Waals surface area (Å²) in [5.41, 5.74) is 8.30. The first-order chi connectivity index (χ1) is 23.6. The first kappa shape index (κ1) is 30.4. The molecular weight excluding hydrogens is 655 g/mol. The van der Waals surface area contributed by atoms with E-state index >= 15 is 0 Å². The van der Waals surface area contributed by atoms with Gasteiger partial charge in [-0.15, -0.1) is 0 Å². The Hall–Kier alpha value is -4.68. The summed E-state index contributed by atoms with van der Waals surface area (Å²) in [6.45, 7) is 14.1. The summed E-state index contributed by atoms with van der Waals surface area (Å²) in [4.78, 5) is 0. The molecule has 0 aliphatic rings. The predicted molar refractivity (Wildman–Crippen MR) is 217 cm³/mol. The Bertz CT molecular complexity index is 2660. The predicted octanol–water partition coefficient (Wildman–Crippen LogP) is 13.6. The second-order valence-corrected chi connectivity index (χ2v) is 17.9. The van der Waals surface area contributed by atoms with Crippen LogP contribution in [0.4, 0.5) is 0 Å². The zero-order valence-electron chi connectivity index (χ0n) is 29.1. The van der Waals surface area contributed by atoms with E-state index in [2.05, 4.69) is 175 Å². The summed E-state index contributed by atoms with van der Waals surface area (Å²) in [7, 11) is 0. The molecule has 0 atom stereocenters. The van der Waals surface area contributed by atoms with Crippen molar-refractivity contribution in [2.45, 2.75) is 52.4 Å². The van der Waals surface area contributed by atoms with Gasteiger partial charge in [0.2, 0.25) is 0 Å². The minimum atomic E-state index is 0.0202. The van der Waals surface area contributed by atoms with E-state index in [1.54, 1.807) is 0 Å². The van der Waals surface area contributed by atoms with Gasteiger partial charge in [0.25, 0.3) is 0 Å². The molecule has 0 aliphatic heterocycles.